The monoisotopic (exact) mass is 271 g/mol. The molecule has 1 saturated heterocycles. The van der Waals surface area contributed by atoms with Crippen LogP contribution in [0.15, 0.2) is 30.6 Å². The van der Waals surface area contributed by atoms with Gasteiger partial charge in [-0.1, -0.05) is 6.07 Å². The van der Waals surface area contributed by atoms with Crippen LogP contribution in [0, 0.1) is 17.1 Å². The molecule has 0 radical (unpaired) electrons. The molecule has 2 aromatic rings. The van der Waals surface area contributed by atoms with E-state index >= 15 is 0 Å². The maximum atomic E-state index is 14.0. The highest BCUT2D eigenvalue weighted by molar-refractivity contribution is 5.63. The second kappa shape index (κ2) is 5.43. The smallest absolute Gasteiger partial charge is 0.132 e. The van der Waals surface area contributed by atoms with E-state index in [2.05, 4.69) is 5.10 Å². The van der Waals surface area contributed by atoms with Gasteiger partial charge >= 0.3 is 0 Å². The van der Waals surface area contributed by atoms with Crippen LogP contribution in [0.2, 0.25) is 0 Å². The molecule has 1 aromatic heterocycles. The minimum atomic E-state index is -0.393. The van der Waals surface area contributed by atoms with Gasteiger partial charge in [0.05, 0.1) is 23.9 Å². The van der Waals surface area contributed by atoms with Gasteiger partial charge in [0, 0.05) is 30.5 Å². The van der Waals surface area contributed by atoms with Gasteiger partial charge in [0.25, 0.3) is 0 Å². The molecule has 2 heterocycles. The van der Waals surface area contributed by atoms with Crippen molar-refractivity contribution < 1.29 is 9.13 Å². The molecule has 5 heteroatoms. The van der Waals surface area contributed by atoms with Gasteiger partial charge in [-0.2, -0.15) is 10.4 Å². The maximum absolute atomic E-state index is 14.0. The topological polar surface area (TPSA) is 50.8 Å². The minimum absolute atomic E-state index is 0.318. The predicted octanol–water partition coefficient (Wildman–Crippen LogP) is 2.91. The molecule has 1 aliphatic heterocycles. The van der Waals surface area contributed by atoms with Crippen molar-refractivity contribution in [1.29, 1.82) is 5.26 Å². The van der Waals surface area contributed by atoms with Gasteiger partial charge in [0.1, 0.15) is 5.82 Å². The summed E-state index contributed by atoms with van der Waals surface area (Å²) < 4.78 is 21.2. The van der Waals surface area contributed by atoms with E-state index in [0.717, 1.165) is 31.6 Å². The molecule has 0 N–H and O–H groups in total. The number of benzene rings is 1. The van der Waals surface area contributed by atoms with Crippen molar-refractivity contribution in [1.82, 2.24) is 9.78 Å². The van der Waals surface area contributed by atoms with E-state index in [9.17, 15) is 4.39 Å². The van der Waals surface area contributed by atoms with E-state index in [4.69, 9.17) is 10.00 Å². The van der Waals surface area contributed by atoms with E-state index in [0.29, 0.717) is 17.2 Å². The summed E-state index contributed by atoms with van der Waals surface area (Å²) in [4.78, 5) is 0. The summed E-state index contributed by atoms with van der Waals surface area (Å²) in [5.74, 6) is -0.393. The summed E-state index contributed by atoms with van der Waals surface area (Å²) in [7, 11) is 0. The van der Waals surface area contributed by atoms with Gasteiger partial charge in [-0.3, -0.25) is 4.68 Å². The van der Waals surface area contributed by atoms with E-state index in [1.165, 1.54) is 6.07 Å². The van der Waals surface area contributed by atoms with Crippen molar-refractivity contribution in [2.45, 2.75) is 18.9 Å². The van der Waals surface area contributed by atoms with Crippen LogP contribution >= 0.6 is 0 Å². The van der Waals surface area contributed by atoms with Crippen LogP contribution in [-0.2, 0) is 4.74 Å². The first-order valence-electron chi connectivity index (χ1n) is 6.60. The average molecular weight is 271 g/mol. The SMILES string of the molecule is N#Cc1ccc(-c2cnn(C3CCOCC3)c2)c(F)c1. The summed E-state index contributed by atoms with van der Waals surface area (Å²) in [5, 5.41) is 13.1. The Morgan fingerprint density at radius 3 is 2.85 bits per heavy atom. The van der Waals surface area contributed by atoms with Crippen LogP contribution in [0.1, 0.15) is 24.4 Å². The highest BCUT2D eigenvalue weighted by Crippen LogP contribution is 2.26. The normalized spacial score (nSPS) is 16.0. The average Bonchev–Trinajstić information content (AvgIpc) is 2.97. The first-order chi connectivity index (χ1) is 9.78. The van der Waals surface area contributed by atoms with E-state index in [-0.39, 0.29) is 0 Å². The number of halogens is 1. The molecule has 3 rings (SSSR count). The second-order valence-electron chi connectivity index (χ2n) is 4.86. The van der Waals surface area contributed by atoms with Crippen molar-refractivity contribution in [3.8, 4) is 17.2 Å². The van der Waals surface area contributed by atoms with E-state index in [1.807, 2.05) is 16.9 Å². The second-order valence-corrected chi connectivity index (χ2v) is 4.86. The lowest BCUT2D eigenvalue weighted by Crippen LogP contribution is -2.19. The zero-order valence-electron chi connectivity index (χ0n) is 10.9. The lowest BCUT2D eigenvalue weighted by Gasteiger charge is -2.22. The first-order valence-corrected chi connectivity index (χ1v) is 6.60. The van der Waals surface area contributed by atoms with Crippen molar-refractivity contribution in [2.24, 2.45) is 0 Å². The van der Waals surface area contributed by atoms with Crippen molar-refractivity contribution in [3.05, 3.63) is 42.0 Å². The number of nitrogens with zero attached hydrogens (tertiary/aromatic N) is 3. The molecule has 0 amide bonds. The molecule has 20 heavy (non-hydrogen) atoms. The zero-order chi connectivity index (χ0) is 13.9. The molecule has 0 unspecified atom stereocenters. The predicted molar refractivity (Wildman–Crippen MR) is 71.4 cm³/mol. The van der Waals surface area contributed by atoms with E-state index < -0.39 is 5.82 Å². The molecule has 0 spiro atoms. The van der Waals surface area contributed by atoms with Crippen molar-refractivity contribution in [3.63, 3.8) is 0 Å². The highest BCUT2D eigenvalue weighted by Gasteiger charge is 2.17. The fourth-order valence-corrected chi connectivity index (χ4v) is 2.45. The number of nitriles is 1. The third-order valence-corrected chi connectivity index (χ3v) is 3.58. The fourth-order valence-electron chi connectivity index (χ4n) is 2.45. The summed E-state index contributed by atoms with van der Waals surface area (Å²) in [6.45, 7) is 1.48. The third kappa shape index (κ3) is 2.43. The third-order valence-electron chi connectivity index (χ3n) is 3.58. The largest absolute Gasteiger partial charge is 0.381 e. The Balaban J connectivity index is 1.88. The molecular weight excluding hydrogens is 257 g/mol. The number of hydrogen-bond donors (Lipinski definition) is 0. The summed E-state index contributed by atoms with van der Waals surface area (Å²) in [6, 6.07) is 6.74. The molecule has 102 valence electrons. The molecule has 0 aliphatic carbocycles. The number of hydrogen-bond acceptors (Lipinski definition) is 3. The summed E-state index contributed by atoms with van der Waals surface area (Å²) in [6.07, 6.45) is 5.38. The lowest BCUT2D eigenvalue weighted by molar-refractivity contribution is 0.0662. The Bertz CT molecular complexity index is 653. The molecule has 0 bridgehead atoms. The Morgan fingerprint density at radius 1 is 1.35 bits per heavy atom. The van der Waals surface area contributed by atoms with Crippen LogP contribution in [0.4, 0.5) is 4.39 Å². The van der Waals surface area contributed by atoms with Gasteiger partial charge in [0.15, 0.2) is 0 Å². The van der Waals surface area contributed by atoms with Crippen LogP contribution in [0.5, 0.6) is 0 Å². The standard InChI is InChI=1S/C15H14FN3O/c16-15-7-11(8-17)1-2-14(15)12-9-18-19(10-12)13-3-5-20-6-4-13/h1-2,7,9-10,13H,3-6H2. The Morgan fingerprint density at radius 2 is 2.15 bits per heavy atom. The van der Waals surface area contributed by atoms with Crippen LogP contribution < -0.4 is 0 Å². The van der Waals surface area contributed by atoms with Gasteiger partial charge in [-0.15, -0.1) is 0 Å². The molecule has 1 fully saturated rings. The van der Waals surface area contributed by atoms with Gasteiger partial charge < -0.3 is 4.74 Å². The van der Waals surface area contributed by atoms with Gasteiger partial charge in [0.2, 0.25) is 0 Å². The van der Waals surface area contributed by atoms with Crippen molar-refractivity contribution in [2.75, 3.05) is 13.2 Å². The zero-order valence-corrected chi connectivity index (χ0v) is 10.9. The molecule has 1 aromatic carbocycles. The Kier molecular flexibility index (Phi) is 3.48. The molecule has 0 atom stereocenters. The quantitative estimate of drug-likeness (QED) is 0.843. The molecule has 4 nitrogen and oxygen atoms in total. The van der Waals surface area contributed by atoms with Crippen molar-refractivity contribution >= 4 is 0 Å². The maximum Gasteiger partial charge on any atom is 0.132 e. The van der Waals surface area contributed by atoms with Crippen LogP contribution in [-0.4, -0.2) is 23.0 Å². The number of ether oxygens (including phenoxy) is 1. The summed E-state index contributed by atoms with van der Waals surface area (Å²) >= 11 is 0. The molecule has 0 saturated carbocycles. The molecular formula is C15H14FN3O. The number of aromatic nitrogens is 2. The minimum Gasteiger partial charge on any atom is -0.381 e. The van der Waals surface area contributed by atoms with Gasteiger partial charge in [-0.25, -0.2) is 4.39 Å². The highest BCUT2D eigenvalue weighted by atomic mass is 19.1. The van der Waals surface area contributed by atoms with Crippen LogP contribution in [0.25, 0.3) is 11.1 Å². The van der Waals surface area contributed by atoms with Gasteiger partial charge in [-0.05, 0) is 25.0 Å². The van der Waals surface area contributed by atoms with Crippen LogP contribution in [0.3, 0.4) is 0 Å². The molecule has 1 aliphatic rings. The van der Waals surface area contributed by atoms with E-state index in [1.54, 1.807) is 18.3 Å². The lowest BCUT2D eigenvalue weighted by atomic mass is 10.1. The fraction of sp³-hybridized carbons (Fsp3) is 0.333. The Labute approximate surface area is 116 Å². The first kappa shape index (κ1) is 12.8. The summed E-state index contributed by atoms with van der Waals surface area (Å²) in [5.41, 5.74) is 1.53. The number of rotatable bonds is 2. The Hall–Kier alpha value is -2.19.